The van der Waals surface area contributed by atoms with Crippen LogP contribution in [0.1, 0.15) is 19.3 Å². The minimum atomic E-state index is -3.63. The van der Waals surface area contributed by atoms with Crippen molar-refractivity contribution in [3.63, 3.8) is 0 Å². The smallest absolute Gasteiger partial charge is 0.243 e. The molecular weight excluding hydrogens is 317 g/mol. The first-order chi connectivity index (χ1) is 9.96. The summed E-state index contributed by atoms with van der Waals surface area (Å²) in [5, 5.41) is -0.184. The second kappa shape index (κ2) is 5.83. The van der Waals surface area contributed by atoms with Gasteiger partial charge in [0.05, 0.1) is 16.0 Å². The Bertz CT molecular complexity index is 633. The lowest BCUT2D eigenvalue weighted by molar-refractivity contribution is 0.0561. The van der Waals surface area contributed by atoms with Gasteiger partial charge in [0.2, 0.25) is 10.0 Å². The first kappa shape index (κ1) is 15.2. The van der Waals surface area contributed by atoms with E-state index in [-0.39, 0.29) is 16.0 Å². The molecule has 0 spiro atoms. The Hall–Kier alpha value is -0.690. The highest BCUT2D eigenvalue weighted by atomic mass is 35.5. The quantitative estimate of drug-likeness (QED) is 0.832. The van der Waals surface area contributed by atoms with Gasteiger partial charge >= 0.3 is 0 Å². The van der Waals surface area contributed by atoms with Gasteiger partial charge in [-0.2, -0.15) is 4.31 Å². The van der Waals surface area contributed by atoms with Crippen LogP contribution < -0.4 is 0 Å². The van der Waals surface area contributed by atoms with Gasteiger partial charge < -0.3 is 4.74 Å². The molecule has 1 saturated heterocycles. The molecule has 7 heteroatoms. The molecule has 1 aliphatic heterocycles. The van der Waals surface area contributed by atoms with E-state index in [1.165, 1.54) is 23.2 Å². The van der Waals surface area contributed by atoms with Crippen molar-refractivity contribution in [1.29, 1.82) is 0 Å². The molecule has 1 aromatic rings. The molecule has 4 nitrogen and oxygen atoms in total. The van der Waals surface area contributed by atoms with Gasteiger partial charge in [-0.1, -0.05) is 11.6 Å². The summed E-state index contributed by atoms with van der Waals surface area (Å²) < 4.78 is 45.2. The lowest BCUT2D eigenvalue weighted by atomic mass is 10.3. The fraction of sp³-hybridized carbons (Fsp3) is 0.571. The van der Waals surface area contributed by atoms with Gasteiger partial charge in [-0.3, -0.25) is 0 Å². The number of sulfonamides is 1. The van der Waals surface area contributed by atoms with Crippen molar-refractivity contribution in [2.45, 2.75) is 30.3 Å². The average molecular weight is 334 g/mol. The van der Waals surface area contributed by atoms with Crippen LogP contribution in [0.3, 0.4) is 0 Å². The van der Waals surface area contributed by atoms with Gasteiger partial charge in [0.1, 0.15) is 5.82 Å². The number of benzene rings is 1. The van der Waals surface area contributed by atoms with Gasteiger partial charge in [-0.15, -0.1) is 0 Å². The molecule has 116 valence electrons. The van der Waals surface area contributed by atoms with Gasteiger partial charge in [0.25, 0.3) is 0 Å². The third kappa shape index (κ3) is 3.39. The van der Waals surface area contributed by atoms with Crippen molar-refractivity contribution in [3.8, 4) is 0 Å². The van der Waals surface area contributed by atoms with E-state index in [0.717, 1.165) is 18.7 Å². The Labute approximate surface area is 128 Å². The summed E-state index contributed by atoms with van der Waals surface area (Å²) in [5.74, 6) is 0.0363. The topological polar surface area (TPSA) is 46.6 Å². The average Bonchev–Trinajstić information content (AvgIpc) is 3.15. The lowest BCUT2D eigenvalue weighted by Gasteiger charge is -2.17. The standard InChI is InChI=1S/C14H17ClFNO3S/c15-13-7-12(3-4-14(13)16)21(18,19)17-6-5-11(8-17)20-9-10-1-2-10/h3-4,7,10-11H,1-2,5-6,8-9H2. The summed E-state index contributed by atoms with van der Waals surface area (Å²) in [6.45, 7) is 1.50. The van der Waals surface area contributed by atoms with Gasteiger partial charge in [0.15, 0.2) is 0 Å². The Balaban J connectivity index is 1.68. The number of hydrogen-bond acceptors (Lipinski definition) is 3. The molecule has 2 aliphatic rings. The molecule has 0 N–H and O–H groups in total. The third-order valence-corrected chi connectivity index (χ3v) is 6.05. The number of rotatable bonds is 5. The van der Waals surface area contributed by atoms with E-state index < -0.39 is 15.8 Å². The normalized spacial score (nSPS) is 23.6. The zero-order valence-electron chi connectivity index (χ0n) is 11.5. The maximum absolute atomic E-state index is 13.1. The number of hydrogen-bond donors (Lipinski definition) is 0. The van der Waals surface area contributed by atoms with Gasteiger partial charge in [0, 0.05) is 19.7 Å². The molecule has 1 heterocycles. The lowest BCUT2D eigenvalue weighted by Crippen LogP contribution is -2.30. The number of nitrogens with zero attached hydrogens (tertiary/aromatic N) is 1. The largest absolute Gasteiger partial charge is 0.377 e. The van der Waals surface area contributed by atoms with Crippen LogP contribution in [0.15, 0.2) is 23.1 Å². The van der Waals surface area contributed by atoms with E-state index in [2.05, 4.69) is 0 Å². The highest BCUT2D eigenvalue weighted by molar-refractivity contribution is 7.89. The van der Waals surface area contributed by atoms with Crippen LogP contribution in [-0.2, 0) is 14.8 Å². The zero-order valence-corrected chi connectivity index (χ0v) is 13.0. The highest BCUT2D eigenvalue weighted by Gasteiger charge is 2.34. The molecule has 1 atom stereocenters. The zero-order chi connectivity index (χ0) is 15.0. The summed E-state index contributed by atoms with van der Waals surface area (Å²) in [7, 11) is -3.63. The van der Waals surface area contributed by atoms with Crippen LogP contribution in [-0.4, -0.2) is 38.5 Å². The van der Waals surface area contributed by atoms with Crippen LogP contribution in [0.4, 0.5) is 4.39 Å². The van der Waals surface area contributed by atoms with E-state index in [9.17, 15) is 12.8 Å². The van der Waals surface area contributed by atoms with Crippen molar-refractivity contribution in [2.75, 3.05) is 19.7 Å². The molecule has 0 amide bonds. The molecule has 1 aromatic carbocycles. The molecule has 0 radical (unpaired) electrons. The van der Waals surface area contributed by atoms with E-state index >= 15 is 0 Å². The van der Waals surface area contributed by atoms with Crippen LogP contribution >= 0.6 is 11.6 Å². The van der Waals surface area contributed by atoms with Crippen molar-refractivity contribution in [2.24, 2.45) is 5.92 Å². The van der Waals surface area contributed by atoms with Gasteiger partial charge in [-0.25, -0.2) is 12.8 Å². The molecule has 2 fully saturated rings. The summed E-state index contributed by atoms with van der Waals surface area (Å²) in [6.07, 6.45) is 3.07. The Morgan fingerprint density at radius 2 is 2.10 bits per heavy atom. The number of ether oxygens (including phenoxy) is 1. The maximum atomic E-state index is 13.1. The SMILES string of the molecule is O=S(=O)(c1ccc(F)c(Cl)c1)N1CCC(OCC2CC2)C1. The molecule has 1 aliphatic carbocycles. The summed E-state index contributed by atoms with van der Waals surface area (Å²) in [4.78, 5) is 0.0248. The summed E-state index contributed by atoms with van der Waals surface area (Å²) in [6, 6.07) is 3.48. The molecule has 1 unspecified atom stereocenters. The highest BCUT2D eigenvalue weighted by Crippen LogP contribution is 2.31. The van der Waals surface area contributed by atoms with Crippen LogP contribution in [0.25, 0.3) is 0 Å². The van der Waals surface area contributed by atoms with E-state index in [1.54, 1.807) is 0 Å². The Morgan fingerprint density at radius 1 is 1.33 bits per heavy atom. The van der Waals surface area contributed by atoms with Crippen LogP contribution in [0, 0.1) is 11.7 Å². The van der Waals surface area contributed by atoms with E-state index in [1.807, 2.05) is 0 Å². The second-order valence-electron chi connectivity index (χ2n) is 5.63. The molecule has 1 saturated carbocycles. The first-order valence-corrected chi connectivity index (χ1v) is 8.85. The Morgan fingerprint density at radius 3 is 2.76 bits per heavy atom. The van der Waals surface area contributed by atoms with Crippen LogP contribution in [0.2, 0.25) is 5.02 Å². The van der Waals surface area contributed by atoms with Crippen LogP contribution in [0.5, 0.6) is 0 Å². The molecule has 21 heavy (non-hydrogen) atoms. The fourth-order valence-corrected chi connectivity index (χ4v) is 4.15. The predicted octanol–water partition coefficient (Wildman–Crippen LogP) is 2.67. The van der Waals surface area contributed by atoms with Gasteiger partial charge in [-0.05, 0) is 43.4 Å². The van der Waals surface area contributed by atoms with Crippen molar-refractivity contribution < 1.29 is 17.5 Å². The van der Waals surface area contributed by atoms with Crippen molar-refractivity contribution >= 4 is 21.6 Å². The maximum Gasteiger partial charge on any atom is 0.243 e. The predicted molar refractivity (Wildman–Crippen MR) is 77.2 cm³/mol. The second-order valence-corrected chi connectivity index (χ2v) is 7.97. The number of halogens is 2. The monoisotopic (exact) mass is 333 g/mol. The van der Waals surface area contributed by atoms with E-state index in [4.69, 9.17) is 16.3 Å². The van der Waals surface area contributed by atoms with Crippen molar-refractivity contribution in [1.82, 2.24) is 4.31 Å². The van der Waals surface area contributed by atoms with E-state index in [0.29, 0.717) is 25.4 Å². The molecular formula is C14H17ClFNO3S. The first-order valence-electron chi connectivity index (χ1n) is 7.03. The minimum Gasteiger partial charge on any atom is -0.377 e. The summed E-state index contributed by atoms with van der Waals surface area (Å²) >= 11 is 5.66. The fourth-order valence-electron chi connectivity index (χ4n) is 2.40. The minimum absolute atomic E-state index is 0.0248. The van der Waals surface area contributed by atoms with Crippen molar-refractivity contribution in [3.05, 3.63) is 29.0 Å². The summed E-state index contributed by atoms with van der Waals surface area (Å²) in [5.41, 5.74) is 0. The molecule has 3 rings (SSSR count). The molecule has 0 bridgehead atoms. The molecule has 0 aromatic heterocycles. The Kier molecular flexibility index (Phi) is 4.23. The third-order valence-electron chi connectivity index (χ3n) is 3.90.